The van der Waals surface area contributed by atoms with Gasteiger partial charge in [-0.1, -0.05) is 24.6 Å². The first-order valence-corrected chi connectivity index (χ1v) is 7.34. The topological polar surface area (TPSA) is 21.3 Å². The van der Waals surface area contributed by atoms with Crippen molar-refractivity contribution in [3.05, 3.63) is 41.5 Å². The van der Waals surface area contributed by atoms with Gasteiger partial charge in [-0.05, 0) is 49.9 Å². The van der Waals surface area contributed by atoms with E-state index >= 15 is 0 Å². The van der Waals surface area contributed by atoms with E-state index in [1.807, 2.05) is 6.92 Å². The van der Waals surface area contributed by atoms with E-state index in [1.165, 1.54) is 29.5 Å². The minimum atomic E-state index is 0.514. The van der Waals surface area contributed by atoms with Gasteiger partial charge >= 0.3 is 0 Å². The van der Waals surface area contributed by atoms with E-state index in [2.05, 4.69) is 37.0 Å². The monoisotopic (exact) mass is 259 g/mol. The van der Waals surface area contributed by atoms with Crippen LogP contribution in [0.25, 0.3) is 0 Å². The highest BCUT2D eigenvalue weighted by atomic mass is 16.5. The highest BCUT2D eigenvalue weighted by molar-refractivity contribution is 5.45. The van der Waals surface area contributed by atoms with Gasteiger partial charge in [0.1, 0.15) is 5.75 Å². The third-order valence-electron chi connectivity index (χ3n) is 3.65. The molecule has 1 N–H and O–H groups in total. The van der Waals surface area contributed by atoms with Crippen molar-refractivity contribution in [2.24, 2.45) is 0 Å². The molecule has 1 aliphatic rings. The van der Waals surface area contributed by atoms with Gasteiger partial charge in [-0.25, -0.2) is 0 Å². The van der Waals surface area contributed by atoms with Crippen LogP contribution in [0.3, 0.4) is 0 Å². The Morgan fingerprint density at radius 2 is 2.32 bits per heavy atom. The zero-order valence-corrected chi connectivity index (χ0v) is 12.2. The number of hydrogen-bond acceptors (Lipinski definition) is 2. The molecule has 1 aliphatic carbocycles. The number of rotatable bonds is 7. The van der Waals surface area contributed by atoms with Crippen LogP contribution in [-0.2, 0) is 6.42 Å². The molecule has 0 amide bonds. The van der Waals surface area contributed by atoms with Gasteiger partial charge in [-0.15, -0.1) is 6.58 Å². The molecule has 0 aliphatic heterocycles. The zero-order valence-electron chi connectivity index (χ0n) is 12.2. The van der Waals surface area contributed by atoms with E-state index in [4.69, 9.17) is 4.74 Å². The van der Waals surface area contributed by atoms with Crippen LogP contribution < -0.4 is 10.1 Å². The predicted octanol–water partition coefficient (Wildman–Crippen LogP) is 4.02. The standard InChI is InChI=1S/C17H25NO/c1-4-11-18-16-9-8-15-14(16)6-5-7-17(15)19-12-10-13(2)3/h5-7,16,18H,2,4,8-12H2,1,3H3. The predicted molar refractivity (Wildman–Crippen MR) is 80.7 cm³/mol. The van der Waals surface area contributed by atoms with Gasteiger partial charge in [0, 0.05) is 12.5 Å². The lowest BCUT2D eigenvalue weighted by molar-refractivity contribution is 0.319. The molecule has 19 heavy (non-hydrogen) atoms. The van der Waals surface area contributed by atoms with E-state index < -0.39 is 0 Å². The summed E-state index contributed by atoms with van der Waals surface area (Å²) >= 11 is 0. The molecule has 0 heterocycles. The fourth-order valence-electron chi connectivity index (χ4n) is 2.62. The van der Waals surface area contributed by atoms with Crippen molar-refractivity contribution in [3.8, 4) is 5.75 Å². The maximum atomic E-state index is 5.92. The molecule has 0 spiro atoms. The molecule has 0 saturated carbocycles. The molecular weight excluding hydrogens is 234 g/mol. The van der Waals surface area contributed by atoms with Crippen molar-refractivity contribution in [2.45, 2.75) is 45.6 Å². The highest BCUT2D eigenvalue weighted by Gasteiger charge is 2.24. The number of ether oxygens (including phenoxy) is 1. The smallest absolute Gasteiger partial charge is 0.122 e. The summed E-state index contributed by atoms with van der Waals surface area (Å²) in [5, 5.41) is 3.62. The molecule has 104 valence electrons. The Morgan fingerprint density at radius 3 is 3.05 bits per heavy atom. The maximum absolute atomic E-state index is 5.92. The van der Waals surface area contributed by atoms with E-state index in [0.29, 0.717) is 6.04 Å². The lowest BCUT2D eigenvalue weighted by atomic mass is 10.1. The van der Waals surface area contributed by atoms with E-state index in [9.17, 15) is 0 Å². The Kier molecular flexibility index (Phi) is 5.03. The second-order valence-electron chi connectivity index (χ2n) is 5.42. The van der Waals surface area contributed by atoms with E-state index in [-0.39, 0.29) is 0 Å². The first-order valence-electron chi connectivity index (χ1n) is 7.34. The normalized spacial score (nSPS) is 17.3. The fourth-order valence-corrected chi connectivity index (χ4v) is 2.62. The van der Waals surface area contributed by atoms with Gasteiger partial charge in [0.05, 0.1) is 6.61 Å². The Bertz CT molecular complexity index is 439. The summed E-state index contributed by atoms with van der Waals surface area (Å²) in [6, 6.07) is 6.96. The average Bonchev–Trinajstić information content (AvgIpc) is 2.80. The molecule has 0 bridgehead atoms. The molecule has 2 rings (SSSR count). The molecule has 2 heteroatoms. The number of benzene rings is 1. The van der Waals surface area contributed by atoms with E-state index in [1.54, 1.807) is 0 Å². The summed E-state index contributed by atoms with van der Waals surface area (Å²) < 4.78 is 5.92. The third-order valence-corrected chi connectivity index (χ3v) is 3.65. The van der Waals surface area contributed by atoms with Crippen LogP contribution in [0.2, 0.25) is 0 Å². The fraction of sp³-hybridized carbons (Fsp3) is 0.529. The summed E-state index contributed by atoms with van der Waals surface area (Å²) in [7, 11) is 0. The minimum absolute atomic E-state index is 0.514. The number of hydrogen-bond donors (Lipinski definition) is 1. The molecule has 2 nitrogen and oxygen atoms in total. The van der Waals surface area contributed by atoms with Crippen LogP contribution >= 0.6 is 0 Å². The second kappa shape index (κ2) is 6.76. The van der Waals surface area contributed by atoms with Crippen molar-refractivity contribution in [1.82, 2.24) is 5.32 Å². The lowest BCUT2D eigenvalue weighted by Gasteiger charge is -2.15. The molecule has 1 aromatic carbocycles. The van der Waals surface area contributed by atoms with Crippen molar-refractivity contribution in [3.63, 3.8) is 0 Å². The Labute approximate surface area is 116 Å². The summed E-state index contributed by atoms with van der Waals surface area (Å²) in [4.78, 5) is 0. The second-order valence-corrected chi connectivity index (χ2v) is 5.42. The van der Waals surface area contributed by atoms with Crippen LogP contribution in [0.15, 0.2) is 30.4 Å². The van der Waals surface area contributed by atoms with Gasteiger partial charge in [0.2, 0.25) is 0 Å². The summed E-state index contributed by atoms with van der Waals surface area (Å²) in [5.74, 6) is 1.07. The van der Waals surface area contributed by atoms with Crippen molar-refractivity contribution < 1.29 is 4.74 Å². The Morgan fingerprint density at radius 1 is 1.47 bits per heavy atom. The van der Waals surface area contributed by atoms with Gasteiger partial charge < -0.3 is 10.1 Å². The molecule has 1 unspecified atom stereocenters. The van der Waals surface area contributed by atoms with Crippen LogP contribution in [0, 0.1) is 0 Å². The molecular formula is C17H25NO. The first-order chi connectivity index (χ1) is 9.22. The van der Waals surface area contributed by atoms with Gasteiger partial charge in [0.25, 0.3) is 0 Å². The van der Waals surface area contributed by atoms with Crippen LogP contribution in [0.5, 0.6) is 5.75 Å². The van der Waals surface area contributed by atoms with Crippen LogP contribution in [0.4, 0.5) is 0 Å². The van der Waals surface area contributed by atoms with Crippen molar-refractivity contribution in [2.75, 3.05) is 13.2 Å². The van der Waals surface area contributed by atoms with Crippen LogP contribution in [-0.4, -0.2) is 13.2 Å². The number of nitrogens with one attached hydrogen (secondary N) is 1. The molecule has 0 aromatic heterocycles. The SMILES string of the molecule is C=C(C)CCOc1cccc2c1CCC2NCCC. The largest absolute Gasteiger partial charge is 0.493 e. The molecule has 1 aromatic rings. The van der Waals surface area contributed by atoms with Gasteiger partial charge in [0.15, 0.2) is 0 Å². The quantitative estimate of drug-likeness (QED) is 0.747. The Hall–Kier alpha value is -1.28. The lowest BCUT2D eigenvalue weighted by Crippen LogP contribution is -2.19. The van der Waals surface area contributed by atoms with Crippen molar-refractivity contribution >= 4 is 0 Å². The molecule has 0 saturated heterocycles. The third kappa shape index (κ3) is 3.60. The Balaban J connectivity index is 2.03. The van der Waals surface area contributed by atoms with Gasteiger partial charge in [-0.2, -0.15) is 0 Å². The first kappa shape index (κ1) is 14.1. The average molecular weight is 259 g/mol. The van der Waals surface area contributed by atoms with Crippen molar-refractivity contribution in [1.29, 1.82) is 0 Å². The zero-order chi connectivity index (χ0) is 13.7. The minimum Gasteiger partial charge on any atom is -0.493 e. The summed E-state index contributed by atoms with van der Waals surface area (Å²) in [5.41, 5.74) is 4.01. The summed E-state index contributed by atoms with van der Waals surface area (Å²) in [6.45, 7) is 9.99. The van der Waals surface area contributed by atoms with Crippen LogP contribution in [0.1, 0.15) is 50.3 Å². The number of fused-ring (bicyclic) bond motifs is 1. The van der Waals surface area contributed by atoms with Gasteiger partial charge in [-0.3, -0.25) is 0 Å². The highest BCUT2D eigenvalue weighted by Crippen LogP contribution is 2.36. The van der Waals surface area contributed by atoms with E-state index in [0.717, 1.165) is 31.7 Å². The maximum Gasteiger partial charge on any atom is 0.122 e. The molecule has 0 fully saturated rings. The molecule has 0 radical (unpaired) electrons. The summed E-state index contributed by atoms with van der Waals surface area (Å²) in [6.07, 6.45) is 4.43. The molecule has 1 atom stereocenters.